The number of nitrogens with zero attached hydrogens (tertiary/aromatic N) is 3. The highest BCUT2D eigenvalue weighted by molar-refractivity contribution is 7.11. The van der Waals surface area contributed by atoms with E-state index < -0.39 is 0 Å². The quantitative estimate of drug-likeness (QED) is 0.861. The lowest BCUT2D eigenvalue weighted by Gasteiger charge is -2.32. The first-order valence-corrected chi connectivity index (χ1v) is 8.17. The van der Waals surface area contributed by atoms with E-state index in [1.165, 1.54) is 18.4 Å². The van der Waals surface area contributed by atoms with Gasteiger partial charge in [-0.25, -0.2) is 0 Å². The minimum absolute atomic E-state index is 0.607. The molecule has 3 nitrogen and oxygen atoms in total. The summed E-state index contributed by atoms with van der Waals surface area (Å²) in [6.07, 6.45) is 2.50. The van der Waals surface area contributed by atoms with E-state index >= 15 is 0 Å². The average molecular weight is 308 g/mol. The summed E-state index contributed by atoms with van der Waals surface area (Å²) < 4.78 is 0. The summed E-state index contributed by atoms with van der Waals surface area (Å²) in [4.78, 5) is 2.49. The van der Waals surface area contributed by atoms with Gasteiger partial charge in [0.1, 0.15) is 10.0 Å². The highest BCUT2D eigenvalue weighted by Gasteiger charge is 2.22. The van der Waals surface area contributed by atoms with Gasteiger partial charge in [0, 0.05) is 11.6 Å². The molecule has 0 aliphatic carbocycles. The van der Waals surface area contributed by atoms with Crippen LogP contribution in [0.25, 0.3) is 0 Å². The van der Waals surface area contributed by atoms with Crippen LogP contribution in [-0.2, 0) is 6.54 Å². The minimum Gasteiger partial charge on any atom is -0.296 e. The Balaban J connectivity index is 1.65. The molecule has 1 aliphatic heterocycles. The third-order valence-corrected chi connectivity index (χ3v) is 4.85. The summed E-state index contributed by atoms with van der Waals surface area (Å²) in [5, 5.41) is 11.3. The zero-order valence-electron chi connectivity index (χ0n) is 11.6. The monoisotopic (exact) mass is 307 g/mol. The molecule has 1 aromatic heterocycles. The minimum atomic E-state index is 0.607. The van der Waals surface area contributed by atoms with Crippen LogP contribution in [0.4, 0.5) is 0 Å². The molecule has 1 unspecified atom stereocenters. The van der Waals surface area contributed by atoms with Crippen molar-refractivity contribution in [2.75, 3.05) is 13.1 Å². The lowest BCUT2D eigenvalue weighted by molar-refractivity contribution is 0.199. The van der Waals surface area contributed by atoms with Crippen molar-refractivity contribution in [3.05, 3.63) is 44.9 Å². The molecule has 1 fully saturated rings. The molecule has 0 spiro atoms. The third-order valence-electron chi connectivity index (χ3n) is 3.77. The van der Waals surface area contributed by atoms with E-state index in [-0.39, 0.29) is 0 Å². The number of hydrogen-bond acceptors (Lipinski definition) is 4. The molecule has 1 atom stereocenters. The van der Waals surface area contributed by atoms with Crippen LogP contribution in [0.2, 0.25) is 5.02 Å². The molecule has 0 saturated carbocycles. The van der Waals surface area contributed by atoms with Crippen LogP contribution in [0.1, 0.15) is 34.3 Å². The number of aromatic nitrogens is 2. The number of halogens is 1. The Labute approximate surface area is 128 Å². The fourth-order valence-electron chi connectivity index (χ4n) is 2.80. The average Bonchev–Trinajstić information content (AvgIpc) is 2.85. The van der Waals surface area contributed by atoms with Gasteiger partial charge in [-0.05, 0) is 49.9 Å². The summed E-state index contributed by atoms with van der Waals surface area (Å²) in [6.45, 7) is 5.19. The van der Waals surface area contributed by atoms with Crippen molar-refractivity contribution in [3.63, 3.8) is 0 Å². The first-order chi connectivity index (χ1) is 9.70. The predicted octanol–water partition coefficient (Wildman–Crippen LogP) is 3.88. The summed E-state index contributed by atoms with van der Waals surface area (Å²) in [6, 6.07) is 8.30. The molecule has 1 aromatic carbocycles. The molecule has 2 aromatic rings. The normalized spacial score (nSPS) is 20.2. The van der Waals surface area contributed by atoms with Gasteiger partial charge in [0.05, 0.1) is 6.54 Å². The van der Waals surface area contributed by atoms with Gasteiger partial charge in [-0.15, -0.1) is 21.5 Å². The predicted molar refractivity (Wildman–Crippen MR) is 83.4 cm³/mol. The van der Waals surface area contributed by atoms with Crippen LogP contribution in [0.5, 0.6) is 0 Å². The fraction of sp³-hybridized carbons (Fsp3) is 0.467. The van der Waals surface area contributed by atoms with E-state index in [0.717, 1.165) is 34.7 Å². The van der Waals surface area contributed by atoms with Crippen molar-refractivity contribution < 1.29 is 0 Å². The van der Waals surface area contributed by atoms with E-state index in [9.17, 15) is 0 Å². The Bertz CT molecular complexity index is 567. The molecule has 5 heteroatoms. The maximum Gasteiger partial charge on any atom is 0.131 e. The molecular weight excluding hydrogens is 290 g/mol. The largest absolute Gasteiger partial charge is 0.296 e. The number of benzene rings is 1. The van der Waals surface area contributed by atoms with Crippen molar-refractivity contribution >= 4 is 22.9 Å². The molecule has 20 heavy (non-hydrogen) atoms. The zero-order chi connectivity index (χ0) is 13.9. The lowest BCUT2D eigenvalue weighted by atomic mass is 9.91. The molecule has 0 radical (unpaired) electrons. The van der Waals surface area contributed by atoms with Crippen molar-refractivity contribution in [2.24, 2.45) is 0 Å². The summed E-state index contributed by atoms with van der Waals surface area (Å²) in [5.41, 5.74) is 1.40. The number of rotatable bonds is 3. The first-order valence-electron chi connectivity index (χ1n) is 6.97. The van der Waals surface area contributed by atoms with Gasteiger partial charge < -0.3 is 0 Å². The molecule has 0 amide bonds. The molecule has 3 rings (SSSR count). The smallest absolute Gasteiger partial charge is 0.131 e. The Kier molecular flexibility index (Phi) is 4.34. The van der Waals surface area contributed by atoms with Crippen molar-refractivity contribution in [1.82, 2.24) is 15.1 Å². The number of piperidine rings is 1. The second-order valence-electron chi connectivity index (χ2n) is 5.34. The molecule has 0 bridgehead atoms. The number of likely N-dealkylation sites (tertiary alicyclic amines) is 1. The van der Waals surface area contributed by atoms with Gasteiger partial charge in [-0.2, -0.15) is 0 Å². The molecule has 1 aliphatic rings. The number of aryl methyl sites for hydroxylation is 1. The maximum absolute atomic E-state index is 5.96. The van der Waals surface area contributed by atoms with Gasteiger partial charge in [0.15, 0.2) is 0 Å². The Hall–Kier alpha value is -0.970. The molecular formula is C15H18ClN3S. The number of hydrogen-bond donors (Lipinski definition) is 0. The molecule has 0 N–H and O–H groups in total. The van der Waals surface area contributed by atoms with Gasteiger partial charge in [0.25, 0.3) is 0 Å². The van der Waals surface area contributed by atoms with E-state index in [0.29, 0.717) is 5.92 Å². The lowest BCUT2D eigenvalue weighted by Crippen LogP contribution is -2.33. The standard InChI is InChI=1S/C15H18ClN3S/c1-11-17-18-15(20-11)10-19-8-2-3-13(9-19)12-4-6-14(16)7-5-12/h4-7,13H,2-3,8-10H2,1H3. The summed E-state index contributed by atoms with van der Waals surface area (Å²) >= 11 is 7.66. The van der Waals surface area contributed by atoms with Crippen LogP contribution in [0.3, 0.4) is 0 Å². The second-order valence-corrected chi connectivity index (χ2v) is 7.04. The van der Waals surface area contributed by atoms with E-state index in [2.05, 4.69) is 27.2 Å². The van der Waals surface area contributed by atoms with Gasteiger partial charge in [0.2, 0.25) is 0 Å². The van der Waals surface area contributed by atoms with Crippen molar-refractivity contribution in [1.29, 1.82) is 0 Å². The van der Waals surface area contributed by atoms with Crippen LogP contribution in [0, 0.1) is 6.92 Å². The fourth-order valence-corrected chi connectivity index (χ4v) is 3.68. The summed E-state index contributed by atoms with van der Waals surface area (Å²) in [5.74, 6) is 0.607. The topological polar surface area (TPSA) is 29.0 Å². The van der Waals surface area contributed by atoms with Crippen LogP contribution >= 0.6 is 22.9 Å². The highest BCUT2D eigenvalue weighted by atomic mass is 35.5. The summed E-state index contributed by atoms with van der Waals surface area (Å²) in [7, 11) is 0. The van der Waals surface area contributed by atoms with Gasteiger partial charge in [-0.3, -0.25) is 4.90 Å². The van der Waals surface area contributed by atoms with Crippen LogP contribution in [0.15, 0.2) is 24.3 Å². The third kappa shape index (κ3) is 3.37. The Morgan fingerprint density at radius 1 is 1.30 bits per heavy atom. The molecule has 106 valence electrons. The van der Waals surface area contributed by atoms with Crippen molar-refractivity contribution in [3.8, 4) is 0 Å². The van der Waals surface area contributed by atoms with Crippen molar-refractivity contribution in [2.45, 2.75) is 32.2 Å². The molecule has 1 saturated heterocycles. The van der Waals surface area contributed by atoms with Crippen LogP contribution < -0.4 is 0 Å². The maximum atomic E-state index is 5.96. The first kappa shape index (κ1) is 14.0. The highest BCUT2D eigenvalue weighted by Crippen LogP contribution is 2.28. The van der Waals surface area contributed by atoms with Gasteiger partial charge in [-0.1, -0.05) is 23.7 Å². The van der Waals surface area contributed by atoms with Gasteiger partial charge >= 0.3 is 0 Å². The van der Waals surface area contributed by atoms with E-state index in [1.54, 1.807) is 11.3 Å². The zero-order valence-corrected chi connectivity index (χ0v) is 13.1. The SMILES string of the molecule is Cc1nnc(CN2CCCC(c3ccc(Cl)cc3)C2)s1. The van der Waals surface area contributed by atoms with E-state index in [4.69, 9.17) is 11.6 Å². The Morgan fingerprint density at radius 2 is 2.10 bits per heavy atom. The molecule has 2 heterocycles. The second kappa shape index (κ2) is 6.20. The van der Waals surface area contributed by atoms with E-state index in [1.807, 2.05) is 19.1 Å². The van der Waals surface area contributed by atoms with Crippen LogP contribution in [-0.4, -0.2) is 28.2 Å². The Morgan fingerprint density at radius 3 is 2.80 bits per heavy atom.